The van der Waals surface area contributed by atoms with E-state index in [0.29, 0.717) is 22.7 Å². The topological polar surface area (TPSA) is 76.7 Å². The molecule has 2 N–H and O–H groups in total. The van der Waals surface area contributed by atoms with Gasteiger partial charge in [-0.15, -0.1) is 0 Å². The van der Waals surface area contributed by atoms with Gasteiger partial charge in [-0.05, 0) is 67.7 Å². The number of Topliss-reactive ketones (excluding diaryl/α,β-unsaturated/α-hetero) is 1. The highest BCUT2D eigenvalue weighted by molar-refractivity contribution is 7.80. The number of rotatable bonds is 6. The zero-order valence-electron chi connectivity index (χ0n) is 13.9. The zero-order valence-corrected chi connectivity index (χ0v) is 14.7. The first-order valence-electron chi connectivity index (χ1n) is 7.46. The van der Waals surface area contributed by atoms with E-state index in [-0.39, 0.29) is 23.4 Å². The van der Waals surface area contributed by atoms with Crippen molar-refractivity contribution in [2.45, 2.75) is 6.92 Å². The summed E-state index contributed by atoms with van der Waals surface area (Å²) in [6.07, 6.45) is 0. The minimum Gasteiger partial charge on any atom is -0.497 e. The number of benzene rings is 2. The lowest BCUT2D eigenvalue weighted by Gasteiger charge is -2.11. The van der Waals surface area contributed by atoms with E-state index >= 15 is 0 Å². The van der Waals surface area contributed by atoms with Crippen molar-refractivity contribution < 1.29 is 19.1 Å². The second-order valence-corrected chi connectivity index (χ2v) is 5.51. The minimum absolute atomic E-state index is 0.0156. The molecule has 0 fully saturated rings. The number of amides is 1. The summed E-state index contributed by atoms with van der Waals surface area (Å²) in [5.74, 6) is 0.861. The van der Waals surface area contributed by atoms with E-state index in [1.807, 2.05) is 0 Å². The van der Waals surface area contributed by atoms with E-state index in [2.05, 4.69) is 10.6 Å². The third kappa shape index (κ3) is 5.89. The molecule has 0 radical (unpaired) electrons. The molecule has 0 saturated heterocycles. The number of ether oxygens (including phenoxy) is 2. The van der Waals surface area contributed by atoms with E-state index < -0.39 is 0 Å². The number of nitrogens with one attached hydrogen (secondary N) is 2. The summed E-state index contributed by atoms with van der Waals surface area (Å²) in [5.41, 5.74) is 1.28. The third-order valence-electron chi connectivity index (χ3n) is 3.23. The highest BCUT2D eigenvalue weighted by Gasteiger charge is 2.07. The average Bonchev–Trinajstić information content (AvgIpc) is 2.60. The van der Waals surface area contributed by atoms with Crippen LogP contribution < -0.4 is 20.1 Å². The summed E-state index contributed by atoms with van der Waals surface area (Å²) >= 11 is 5.08. The first-order valence-corrected chi connectivity index (χ1v) is 7.87. The van der Waals surface area contributed by atoms with Crippen LogP contribution in [0.5, 0.6) is 11.5 Å². The number of hydrogen-bond donors (Lipinski definition) is 2. The molecule has 0 heterocycles. The SMILES string of the molecule is COc1ccc(OCC(=O)NC(=S)Nc2ccc(C(C)=O)cc2)cc1. The third-order valence-corrected chi connectivity index (χ3v) is 3.44. The first-order chi connectivity index (χ1) is 12.0. The van der Waals surface area contributed by atoms with Crippen molar-refractivity contribution in [3.05, 3.63) is 54.1 Å². The molecule has 0 atom stereocenters. The molecule has 1 amide bonds. The number of carbonyl (C=O) groups is 2. The molecule has 0 aromatic heterocycles. The van der Waals surface area contributed by atoms with Gasteiger partial charge in [0.05, 0.1) is 7.11 Å². The van der Waals surface area contributed by atoms with Crippen LogP contribution in [0.4, 0.5) is 5.69 Å². The Balaban J connectivity index is 1.79. The molecule has 0 aliphatic carbocycles. The molecule has 2 aromatic rings. The molecule has 0 saturated carbocycles. The van der Waals surface area contributed by atoms with Gasteiger partial charge in [0, 0.05) is 11.3 Å². The van der Waals surface area contributed by atoms with Crippen molar-refractivity contribution >= 4 is 34.7 Å². The normalized spacial score (nSPS) is 9.84. The summed E-state index contributed by atoms with van der Waals surface area (Å²) in [6.45, 7) is 1.33. The Bertz CT molecular complexity index is 758. The molecular weight excluding hydrogens is 340 g/mol. The van der Waals surface area contributed by atoms with Crippen molar-refractivity contribution in [3.63, 3.8) is 0 Å². The predicted octanol–water partition coefficient (Wildman–Crippen LogP) is 2.79. The molecule has 0 aliphatic rings. The van der Waals surface area contributed by atoms with E-state index in [9.17, 15) is 9.59 Å². The Morgan fingerprint density at radius 2 is 1.60 bits per heavy atom. The largest absolute Gasteiger partial charge is 0.497 e. The van der Waals surface area contributed by atoms with Crippen LogP contribution in [0.15, 0.2) is 48.5 Å². The van der Waals surface area contributed by atoms with Gasteiger partial charge in [-0.25, -0.2) is 0 Å². The quantitative estimate of drug-likeness (QED) is 0.611. The summed E-state index contributed by atoms with van der Waals surface area (Å²) in [4.78, 5) is 23.1. The van der Waals surface area contributed by atoms with Crippen molar-refractivity contribution in [2.75, 3.05) is 19.0 Å². The summed E-state index contributed by atoms with van der Waals surface area (Å²) in [5, 5.41) is 5.54. The van der Waals surface area contributed by atoms with Gasteiger partial charge in [-0.2, -0.15) is 0 Å². The molecule has 2 rings (SSSR count). The highest BCUT2D eigenvalue weighted by Crippen LogP contribution is 2.16. The fourth-order valence-electron chi connectivity index (χ4n) is 1.93. The van der Waals surface area contributed by atoms with Gasteiger partial charge in [0.1, 0.15) is 11.5 Å². The second kappa shape index (κ2) is 8.79. The number of methoxy groups -OCH3 is 1. The number of ketones is 1. The van der Waals surface area contributed by atoms with Gasteiger partial charge in [0.25, 0.3) is 5.91 Å². The van der Waals surface area contributed by atoms with Gasteiger partial charge >= 0.3 is 0 Å². The maximum Gasteiger partial charge on any atom is 0.264 e. The molecule has 2 aromatic carbocycles. The lowest BCUT2D eigenvalue weighted by atomic mass is 10.1. The monoisotopic (exact) mass is 358 g/mol. The van der Waals surface area contributed by atoms with Gasteiger partial charge in [-0.3, -0.25) is 14.9 Å². The molecule has 25 heavy (non-hydrogen) atoms. The van der Waals surface area contributed by atoms with Crippen molar-refractivity contribution in [1.29, 1.82) is 0 Å². The van der Waals surface area contributed by atoms with E-state index in [4.69, 9.17) is 21.7 Å². The van der Waals surface area contributed by atoms with Crippen LogP contribution in [-0.4, -0.2) is 30.5 Å². The number of anilines is 1. The van der Waals surface area contributed by atoms with E-state index in [1.54, 1.807) is 55.6 Å². The van der Waals surface area contributed by atoms with Crippen LogP contribution in [0.1, 0.15) is 17.3 Å². The van der Waals surface area contributed by atoms with Crippen LogP contribution in [0.2, 0.25) is 0 Å². The van der Waals surface area contributed by atoms with Crippen molar-refractivity contribution in [2.24, 2.45) is 0 Å². The summed E-state index contributed by atoms with van der Waals surface area (Å²) < 4.78 is 10.4. The van der Waals surface area contributed by atoms with Crippen molar-refractivity contribution in [3.8, 4) is 11.5 Å². The van der Waals surface area contributed by atoms with Crippen LogP contribution in [0, 0.1) is 0 Å². The molecular formula is C18H18N2O4S. The number of carbonyl (C=O) groups excluding carboxylic acids is 2. The summed E-state index contributed by atoms with van der Waals surface area (Å²) in [7, 11) is 1.57. The Labute approximate surface area is 151 Å². The molecule has 0 bridgehead atoms. The van der Waals surface area contributed by atoms with E-state index in [1.165, 1.54) is 6.92 Å². The summed E-state index contributed by atoms with van der Waals surface area (Å²) in [6, 6.07) is 13.7. The van der Waals surface area contributed by atoms with Crippen LogP contribution in [-0.2, 0) is 4.79 Å². The average molecular weight is 358 g/mol. The Morgan fingerprint density at radius 1 is 1.00 bits per heavy atom. The Hall–Kier alpha value is -2.93. The lowest BCUT2D eigenvalue weighted by Crippen LogP contribution is -2.37. The minimum atomic E-state index is -0.381. The van der Waals surface area contributed by atoms with E-state index in [0.717, 1.165) is 0 Å². The molecule has 0 unspecified atom stereocenters. The second-order valence-electron chi connectivity index (χ2n) is 5.10. The number of thiocarbonyl (C=S) groups is 1. The fourth-order valence-corrected chi connectivity index (χ4v) is 2.17. The van der Waals surface area contributed by atoms with Crippen LogP contribution in [0.3, 0.4) is 0 Å². The fraction of sp³-hybridized carbons (Fsp3) is 0.167. The standard InChI is InChI=1S/C18H18N2O4S/c1-12(21)13-3-5-14(6-4-13)19-18(25)20-17(22)11-24-16-9-7-15(23-2)8-10-16/h3-10H,11H2,1-2H3,(H2,19,20,22,25). The molecule has 0 aliphatic heterocycles. The van der Waals surface area contributed by atoms with Crippen LogP contribution in [0.25, 0.3) is 0 Å². The molecule has 7 heteroatoms. The van der Waals surface area contributed by atoms with Crippen molar-refractivity contribution in [1.82, 2.24) is 5.32 Å². The maximum atomic E-state index is 11.9. The number of hydrogen-bond acceptors (Lipinski definition) is 5. The van der Waals surface area contributed by atoms with Gasteiger partial charge in [0.2, 0.25) is 0 Å². The van der Waals surface area contributed by atoms with Gasteiger partial charge in [-0.1, -0.05) is 0 Å². The predicted molar refractivity (Wildman–Crippen MR) is 99.3 cm³/mol. The molecule has 6 nitrogen and oxygen atoms in total. The maximum absolute atomic E-state index is 11.9. The lowest BCUT2D eigenvalue weighted by molar-refractivity contribution is -0.121. The first kappa shape index (κ1) is 18.4. The Kier molecular flexibility index (Phi) is 6.47. The molecule has 0 spiro atoms. The Morgan fingerprint density at radius 3 is 2.16 bits per heavy atom. The zero-order chi connectivity index (χ0) is 18.2. The van der Waals surface area contributed by atoms with Crippen LogP contribution >= 0.6 is 12.2 Å². The highest BCUT2D eigenvalue weighted by atomic mass is 32.1. The molecule has 130 valence electrons. The smallest absolute Gasteiger partial charge is 0.264 e. The van der Waals surface area contributed by atoms with Gasteiger partial charge in [0.15, 0.2) is 17.5 Å². The van der Waals surface area contributed by atoms with Gasteiger partial charge < -0.3 is 14.8 Å².